The van der Waals surface area contributed by atoms with Crippen molar-refractivity contribution >= 4 is 18.1 Å². The van der Waals surface area contributed by atoms with Crippen LogP contribution in [0.1, 0.15) is 12.0 Å². The first-order valence-electron chi connectivity index (χ1n) is 4.78. The summed E-state index contributed by atoms with van der Waals surface area (Å²) in [5.74, 6) is -0.948. The van der Waals surface area contributed by atoms with E-state index in [2.05, 4.69) is 0 Å². The fraction of sp³-hybridized carbons (Fsp3) is 0.273. The van der Waals surface area contributed by atoms with Gasteiger partial charge in [-0.05, 0) is 24.5 Å². The highest BCUT2D eigenvalue weighted by Gasteiger charge is 2.30. The van der Waals surface area contributed by atoms with Crippen molar-refractivity contribution < 1.29 is 14.7 Å². The van der Waals surface area contributed by atoms with Gasteiger partial charge >= 0.3 is 5.97 Å². The Labute approximate surface area is 87.1 Å². The summed E-state index contributed by atoms with van der Waals surface area (Å²) < 4.78 is 0. The van der Waals surface area contributed by atoms with E-state index in [9.17, 15) is 9.59 Å². The molecule has 0 saturated carbocycles. The minimum Gasteiger partial charge on any atom is -0.480 e. The predicted molar refractivity (Wildman–Crippen MR) is 54.7 cm³/mol. The maximum atomic E-state index is 10.9. The number of fused-ring (bicyclic) bond motifs is 1. The molecule has 1 atom stereocenters. The number of nitrogens with zero attached hydrogens (tertiary/aromatic N) is 1. The van der Waals surface area contributed by atoms with Gasteiger partial charge in [0.15, 0.2) is 0 Å². The van der Waals surface area contributed by atoms with Crippen LogP contribution in [0.5, 0.6) is 0 Å². The molecular formula is C11H11NO3. The van der Waals surface area contributed by atoms with E-state index in [0.29, 0.717) is 24.9 Å². The zero-order valence-corrected chi connectivity index (χ0v) is 8.09. The molecule has 0 aliphatic carbocycles. The number of rotatable bonds is 2. The Balaban J connectivity index is 2.43. The number of aryl methyl sites for hydroxylation is 1. The second-order valence-corrected chi connectivity index (χ2v) is 3.53. The highest BCUT2D eigenvalue weighted by molar-refractivity contribution is 5.89. The van der Waals surface area contributed by atoms with Crippen LogP contribution in [0.4, 0.5) is 5.69 Å². The average molecular weight is 205 g/mol. The number of hydrogen-bond acceptors (Lipinski definition) is 2. The molecule has 1 amide bonds. The van der Waals surface area contributed by atoms with Crippen LogP contribution >= 0.6 is 0 Å². The molecule has 2 rings (SSSR count). The Bertz CT molecular complexity index is 403. The maximum Gasteiger partial charge on any atom is 0.326 e. The summed E-state index contributed by atoms with van der Waals surface area (Å²) in [7, 11) is 0. The van der Waals surface area contributed by atoms with Crippen LogP contribution in [0.15, 0.2) is 24.3 Å². The van der Waals surface area contributed by atoms with Crippen LogP contribution in [0.2, 0.25) is 0 Å². The quantitative estimate of drug-likeness (QED) is 0.734. The summed E-state index contributed by atoms with van der Waals surface area (Å²) in [4.78, 5) is 23.1. The Kier molecular flexibility index (Phi) is 2.41. The van der Waals surface area contributed by atoms with Crippen LogP contribution in [0.3, 0.4) is 0 Å². The van der Waals surface area contributed by atoms with Gasteiger partial charge in [0.1, 0.15) is 6.04 Å². The lowest BCUT2D eigenvalue weighted by Crippen LogP contribution is -2.43. The first-order valence-corrected chi connectivity index (χ1v) is 4.78. The smallest absolute Gasteiger partial charge is 0.326 e. The molecule has 0 bridgehead atoms. The molecule has 1 N–H and O–H groups in total. The molecule has 15 heavy (non-hydrogen) atoms. The average Bonchev–Trinajstić information content (AvgIpc) is 2.27. The first-order chi connectivity index (χ1) is 7.24. The fourth-order valence-corrected chi connectivity index (χ4v) is 1.95. The molecule has 0 radical (unpaired) electrons. The van der Waals surface area contributed by atoms with Gasteiger partial charge in [0, 0.05) is 5.69 Å². The molecule has 4 nitrogen and oxygen atoms in total. The third-order valence-electron chi connectivity index (χ3n) is 2.69. The number of para-hydroxylation sites is 1. The van der Waals surface area contributed by atoms with Crippen LogP contribution in [0, 0.1) is 0 Å². The highest BCUT2D eigenvalue weighted by atomic mass is 16.4. The fourth-order valence-electron chi connectivity index (χ4n) is 1.95. The molecule has 0 aromatic heterocycles. The van der Waals surface area contributed by atoms with Gasteiger partial charge in [-0.25, -0.2) is 4.79 Å². The predicted octanol–water partition coefficient (Wildman–Crippen LogP) is 1.05. The summed E-state index contributed by atoms with van der Waals surface area (Å²) in [5.41, 5.74) is 1.74. The van der Waals surface area contributed by atoms with Crippen molar-refractivity contribution in [2.75, 3.05) is 4.90 Å². The lowest BCUT2D eigenvalue weighted by atomic mass is 9.96. The molecule has 0 saturated heterocycles. The molecule has 0 spiro atoms. The Hall–Kier alpha value is -1.84. The zero-order valence-electron chi connectivity index (χ0n) is 8.09. The summed E-state index contributed by atoms with van der Waals surface area (Å²) in [6, 6.07) is 6.67. The van der Waals surface area contributed by atoms with E-state index in [1.165, 1.54) is 4.90 Å². The molecule has 1 aliphatic rings. The van der Waals surface area contributed by atoms with Gasteiger partial charge in [0.25, 0.3) is 0 Å². The van der Waals surface area contributed by atoms with Crippen LogP contribution < -0.4 is 4.90 Å². The molecular weight excluding hydrogens is 194 g/mol. The van der Waals surface area contributed by atoms with Crippen LogP contribution in [0.25, 0.3) is 0 Å². The van der Waals surface area contributed by atoms with Gasteiger partial charge in [-0.15, -0.1) is 0 Å². The van der Waals surface area contributed by atoms with Crippen LogP contribution in [-0.4, -0.2) is 23.5 Å². The Morgan fingerprint density at radius 1 is 1.47 bits per heavy atom. The van der Waals surface area contributed by atoms with Crippen LogP contribution in [-0.2, 0) is 16.0 Å². The summed E-state index contributed by atoms with van der Waals surface area (Å²) in [6.07, 6.45) is 1.78. The number of amides is 1. The second-order valence-electron chi connectivity index (χ2n) is 3.53. The second kappa shape index (κ2) is 3.73. The lowest BCUT2D eigenvalue weighted by molar-refractivity contribution is -0.139. The number of aliphatic carboxylic acids is 1. The number of carboxylic acid groups (broad SMARTS) is 1. The number of carbonyl (C=O) groups is 2. The monoisotopic (exact) mass is 205 g/mol. The maximum absolute atomic E-state index is 10.9. The third kappa shape index (κ3) is 1.58. The normalized spacial score (nSPS) is 19.5. The van der Waals surface area contributed by atoms with Crippen molar-refractivity contribution in [1.29, 1.82) is 0 Å². The molecule has 1 aromatic rings. The molecule has 0 fully saturated rings. The van der Waals surface area contributed by atoms with E-state index in [1.54, 1.807) is 12.1 Å². The number of hydrogen-bond donors (Lipinski definition) is 1. The number of anilines is 1. The van der Waals surface area contributed by atoms with Crippen molar-refractivity contribution in [3.05, 3.63) is 29.8 Å². The third-order valence-corrected chi connectivity index (χ3v) is 2.69. The van der Waals surface area contributed by atoms with E-state index in [4.69, 9.17) is 5.11 Å². The van der Waals surface area contributed by atoms with Gasteiger partial charge in [0.2, 0.25) is 6.41 Å². The molecule has 1 unspecified atom stereocenters. The van der Waals surface area contributed by atoms with Gasteiger partial charge in [0.05, 0.1) is 0 Å². The number of carbonyl (C=O) groups excluding carboxylic acids is 1. The topological polar surface area (TPSA) is 57.6 Å². The highest BCUT2D eigenvalue weighted by Crippen LogP contribution is 2.29. The summed E-state index contributed by atoms with van der Waals surface area (Å²) in [5, 5.41) is 8.96. The molecule has 78 valence electrons. The first kappa shape index (κ1) is 9.71. The standard InChI is InChI=1S/C11H11NO3/c13-7-12-9-4-2-1-3-8(9)5-6-10(12)11(14)15/h1-4,7,10H,5-6H2,(H,14,15). The Morgan fingerprint density at radius 2 is 2.20 bits per heavy atom. The van der Waals surface area contributed by atoms with Crippen molar-refractivity contribution in [3.63, 3.8) is 0 Å². The largest absolute Gasteiger partial charge is 0.480 e. The minimum atomic E-state index is -0.948. The van der Waals surface area contributed by atoms with Crippen molar-refractivity contribution in [2.45, 2.75) is 18.9 Å². The molecule has 1 aliphatic heterocycles. The van der Waals surface area contributed by atoms with Gasteiger partial charge in [-0.3, -0.25) is 4.79 Å². The number of carboxylic acids is 1. The van der Waals surface area contributed by atoms with Gasteiger partial charge in [-0.2, -0.15) is 0 Å². The summed E-state index contributed by atoms with van der Waals surface area (Å²) >= 11 is 0. The van der Waals surface area contributed by atoms with Gasteiger partial charge < -0.3 is 10.0 Å². The molecule has 1 aromatic carbocycles. The van der Waals surface area contributed by atoms with Gasteiger partial charge in [-0.1, -0.05) is 18.2 Å². The Morgan fingerprint density at radius 3 is 2.87 bits per heavy atom. The van der Waals surface area contributed by atoms with E-state index >= 15 is 0 Å². The van der Waals surface area contributed by atoms with E-state index < -0.39 is 12.0 Å². The summed E-state index contributed by atoms with van der Waals surface area (Å²) in [6.45, 7) is 0. The minimum absolute atomic E-state index is 0.477. The van der Waals surface area contributed by atoms with Crippen molar-refractivity contribution in [1.82, 2.24) is 0 Å². The van der Waals surface area contributed by atoms with Crippen molar-refractivity contribution in [2.24, 2.45) is 0 Å². The van der Waals surface area contributed by atoms with E-state index in [1.807, 2.05) is 12.1 Å². The molecule has 4 heteroatoms. The van der Waals surface area contributed by atoms with Crippen molar-refractivity contribution in [3.8, 4) is 0 Å². The molecule has 1 heterocycles. The van der Waals surface area contributed by atoms with E-state index in [0.717, 1.165) is 5.56 Å². The number of benzene rings is 1. The zero-order chi connectivity index (χ0) is 10.8. The lowest BCUT2D eigenvalue weighted by Gasteiger charge is -2.31. The van der Waals surface area contributed by atoms with E-state index in [-0.39, 0.29) is 0 Å². The SMILES string of the molecule is O=CN1c2ccccc2CCC1C(=O)O.